The van der Waals surface area contributed by atoms with Gasteiger partial charge in [0, 0.05) is 36.9 Å². The Labute approximate surface area is 113 Å². The van der Waals surface area contributed by atoms with Crippen LogP contribution in [0.1, 0.15) is 18.9 Å². The normalized spacial score (nSPS) is 10.4. The van der Waals surface area contributed by atoms with Crippen molar-refractivity contribution in [1.29, 1.82) is 0 Å². The quantitative estimate of drug-likeness (QED) is 0.803. The number of hydrogen-bond donors (Lipinski definition) is 1. The van der Waals surface area contributed by atoms with Gasteiger partial charge in [-0.25, -0.2) is 9.97 Å². The molecule has 0 saturated heterocycles. The average molecular weight is 258 g/mol. The van der Waals surface area contributed by atoms with Gasteiger partial charge in [0.25, 0.3) is 0 Å². The number of pyridine rings is 1. The van der Waals surface area contributed by atoms with Crippen LogP contribution in [0.5, 0.6) is 5.88 Å². The Hall–Kier alpha value is -2.01. The van der Waals surface area contributed by atoms with E-state index in [1.165, 1.54) is 0 Å². The van der Waals surface area contributed by atoms with Gasteiger partial charge in [0.15, 0.2) is 0 Å². The zero-order valence-electron chi connectivity index (χ0n) is 11.3. The number of methoxy groups -OCH3 is 1. The zero-order chi connectivity index (χ0) is 13.5. The van der Waals surface area contributed by atoms with E-state index in [0.717, 1.165) is 36.3 Å². The third-order valence-corrected chi connectivity index (χ3v) is 2.68. The molecule has 0 aromatic carbocycles. The van der Waals surface area contributed by atoms with E-state index in [1.807, 2.05) is 6.20 Å². The van der Waals surface area contributed by atoms with Crippen molar-refractivity contribution in [1.82, 2.24) is 20.3 Å². The molecule has 2 aromatic rings. The van der Waals surface area contributed by atoms with Crippen LogP contribution in [-0.2, 0) is 6.54 Å². The van der Waals surface area contributed by atoms with Gasteiger partial charge in [-0.2, -0.15) is 0 Å². The summed E-state index contributed by atoms with van der Waals surface area (Å²) in [6.45, 7) is 3.95. The van der Waals surface area contributed by atoms with Crippen molar-refractivity contribution in [2.75, 3.05) is 13.7 Å². The van der Waals surface area contributed by atoms with Gasteiger partial charge in [0.1, 0.15) is 5.69 Å². The molecule has 0 aliphatic rings. The number of rotatable bonds is 6. The lowest BCUT2D eigenvalue weighted by atomic mass is 10.1. The molecule has 0 amide bonds. The lowest BCUT2D eigenvalue weighted by Crippen LogP contribution is -2.13. The van der Waals surface area contributed by atoms with Crippen LogP contribution in [-0.4, -0.2) is 28.6 Å². The van der Waals surface area contributed by atoms with Gasteiger partial charge >= 0.3 is 0 Å². The molecule has 2 aromatic heterocycles. The number of aromatic nitrogens is 3. The third-order valence-electron chi connectivity index (χ3n) is 2.68. The van der Waals surface area contributed by atoms with E-state index >= 15 is 0 Å². The first-order chi connectivity index (χ1) is 9.35. The molecule has 2 rings (SSSR count). The molecule has 5 heteroatoms. The third kappa shape index (κ3) is 3.48. The van der Waals surface area contributed by atoms with E-state index in [2.05, 4.69) is 33.3 Å². The van der Waals surface area contributed by atoms with Gasteiger partial charge in [-0.05, 0) is 24.6 Å². The fourth-order valence-corrected chi connectivity index (χ4v) is 1.80. The molecule has 0 bridgehead atoms. The van der Waals surface area contributed by atoms with Crippen molar-refractivity contribution < 1.29 is 4.74 Å². The first-order valence-electron chi connectivity index (χ1n) is 6.35. The predicted octanol–water partition coefficient (Wildman–Crippen LogP) is 2.05. The topological polar surface area (TPSA) is 59.9 Å². The predicted molar refractivity (Wildman–Crippen MR) is 73.8 cm³/mol. The molecular formula is C14H18N4O. The molecule has 100 valence electrons. The number of nitrogens with zero attached hydrogens (tertiary/aromatic N) is 3. The number of nitrogens with one attached hydrogen (secondary N) is 1. The highest BCUT2D eigenvalue weighted by atomic mass is 16.5. The second-order valence-corrected chi connectivity index (χ2v) is 4.17. The summed E-state index contributed by atoms with van der Waals surface area (Å²) in [4.78, 5) is 12.7. The highest BCUT2D eigenvalue weighted by Gasteiger charge is 2.08. The van der Waals surface area contributed by atoms with Crippen molar-refractivity contribution in [2.45, 2.75) is 19.9 Å². The first-order valence-corrected chi connectivity index (χ1v) is 6.35. The summed E-state index contributed by atoms with van der Waals surface area (Å²) in [5.41, 5.74) is 2.76. The Balaban J connectivity index is 2.22. The van der Waals surface area contributed by atoms with Crippen molar-refractivity contribution in [2.24, 2.45) is 0 Å². The smallest absolute Gasteiger partial charge is 0.240 e. The zero-order valence-corrected chi connectivity index (χ0v) is 11.3. The van der Waals surface area contributed by atoms with Crippen molar-refractivity contribution in [3.8, 4) is 17.1 Å². The number of hydrogen-bond acceptors (Lipinski definition) is 5. The molecule has 0 radical (unpaired) electrons. The summed E-state index contributed by atoms with van der Waals surface area (Å²) in [5, 5.41) is 3.35. The van der Waals surface area contributed by atoms with E-state index in [9.17, 15) is 0 Å². The Morgan fingerprint density at radius 1 is 1.21 bits per heavy atom. The second-order valence-electron chi connectivity index (χ2n) is 4.17. The molecule has 0 aliphatic carbocycles. The molecule has 2 heterocycles. The van der Waals surface area contributed by atoms with Gasteiger partial charge in [-0.15, -0.1) is 0 Å². The highest BCUT2D eigenvalue weighted by molar-refractivity contribution is 5.63. The highest BCUT2D eigenvalue weighted by Crippen LogP contribution is 2.24. The monoisotopic (exact) mass is 258 g/mol. The lowest BCUT2D eigenvalue weighted by Gasteiger charge is -2.07. The van der Waals surface area contributed by atoms with E-state index in [4.69, 9.17) is 4.74 Å². The van der Waals surface area contributed by atoms with Crippen LogP contribution in [0.2, 0.25) is 0 Å². The molecule has 0 aliphatic heterocycles. The Kier molecular flexibility index (Phi) is 4.80. The maximum Gasteiger partial charge on any atom is 0.240 e. The summed E-state index contributed by atoms with van der Waals surface area (Å²) in [6.07, 6.45) is 8.01. The molecule has 5 nitrogen and oxygen atoms in total. The van der Waals surface area contributed by atoms with Gasteiger partial charge in [-0.1, -0.05) is 6.92 Å². The fourth-order valence-electron chi connectivity index (χ4n) is 1.80. The maximum absolute atomic E-state index is 5.22. The summed E-state index contributed by atoms with van der Waals surface area (Å²) < 4.78 is 5.22. The van der Waals surface area contributed by atoms with Crippen LogP contribution in [0.3, 0.4) is 0 Å². The van der Waals surface area contributed by atoms with Crippen LogP contribution < -0.4 is 10.1 Å². The van der Waals surface area contributed by atoms with Crippen molar-refractivity contribution >= 4 is 0 Å². The first kappa shape index (κ1) is 13.4. The van der Waals surface area contributed by atoms with Gasteiger partial charge in [-0.3, -0.25) is 4.98 Å². The molecule has 0 fully saturated rings. The molecule has 19 heavy (non-hydrogen) atoms. The molecule has 0 unspecified atom stereocenters. The Morgan fingerprint density at radius 3 is 2.84 bits per heavy atom. The second kappa shape index (κ2) is 6.80. The van der Waals surface area contributed by atoms with Gasteiger partial charge in [0.05, 0.1) is 7.11 Å². The van der Waals surface area contributed by atoms with E-state index in [-0.39, 0.29) is 0 Å². The lowest BCUT2D eigenvalue weighted by molar-refractivity contribution is 0.397. The largest absolute Gasteiger partial charge is 0.479 e. The van der Waals surface area contributed by atoms with E-state index < -0.39 is 0 Å². The SMILES string of the molecule is CCCNCc1cncc(-c2nccnc2OC)c1. The standard InChI is InChI=1S/C14H18N4O/c1-3-4-15-8-11-7-12(10-16-9-11)13-14(19-2)18-6-5-17-13/h5-7,9-10,15H,3-4,8H2,1-2H3. The maximum atomic E-state index is 5.22. The molecule has 0 saturated carbocycles. The van der Waals surface area contributed by atoms with E-state index in [1.54, 1.807) is 25.7 Å². The molecule has 0 atom stereocenters. The van der Waals surface area contributed by atoms with Crippen LogP contribution in [0.4, 0.5) is 0 Å². The fraction of sp³-hybridized carbons (Fsp3) is 0.357. The average Bonchev–Trinajstić information content (AvgIpc) is 2.48. The molecule has 1 N–H and O–H groups in total. The Bertz CT molecular complexity index is 530. The van der Waals surface area contributed by atoms with Crippen molar-refractivity contribution in [3.05, 3.63) is 36.4 Å². The summed E-state index contributed by atoms with van der Waals surface area (Å²) in [5.74, 6) is 0.517. The van der Waals surface area contributed by atoms with Crippen LogP contribution in [0, 0.1) is 0 Å². The van der Waals surface area contributed by atoms with Crippen LogP contribution >= 0.6 is 0 Å². The minimum Gasteiger partial charge on any atom is -0.479 e. The summed E-state index contributed by atoms with van der Waals surface area (Å²) in [6, 6.07) is 2.06. The summed E-state index contributed by atoms with van der Waals surface area (Å²) >= 11 is 0. The molecule has 0 spiro atoms. The number of ether oxygens (including phenoxy) is 1. The minimum atomic E-state index is 0.517. The minimum absolute atomic E-state index is 0.517. The molecular weight excluding hydrogens is 240 g/mol. The van der Waals surface area contributed by atoms with Crippen LogP contribution in [0.25, 0.3) is 11.3 Å². The van der Waals surface area contributed by atoms with E-state index in [0.29, 0.717) is 5.88 Å². The summed E-state index contributed by atoms with van der Waals surface area (Å²) in [7, 11) is 1.59. The Morgan fingerprint density at radius 2 is 2.05 bits per heavy atom. The van der Waals surface area contributed by atoms with Gasteiger partial charge < -0.3 is 10.1 Å². The van der Waals surface area contributed by atoms with Crippen molar-refractivity contribution in [3.63, 3.8) is 0 Å². The van der Waals surface area contributed by atoms with Crippen LogP contribution in [0.15, 0.2) is 30.9 Å². The van der Waals surface area contributed by atoms with Gasteiger partial charge in [0.2, 0.25) is 5.88 Å².